The molecule has 0 aliphatic heterocycles. The van der Waals surface area contributed by atoms with E-state index in [1.54, 1.807) is 10.8 Å². The van der Waals surface area contributed by atoms with E-state index in [2.05, 4.69) is 12.2 Å². The van der Waals surface area contributed by atoms with Gasteiger partial charge in [-0.05, 0) is 38.0 Å². The van der Waals surface area contributed by atoms with Crippen LogP contribution < -0.4 is 16.6 Å². The first-order valence-electron chi connectivity index (χ1n) is 8.15. The van der Waals surface area contributed by atoms with Crippen LogP contribution in [0.2, 0.25) is 0 Å². The minimum Gasteiger partial charge on any atom is -0.312 e. The number of rotatable bonds is 6. The molecule has 0 unspecified atom stereocenters. The second kappa shape index (κ2) is 7.59. The first kappa shape index (κ1) is 16.0. The van der Waals surface area contributed by atoms with E-state index in [4.69, 9.17) is 0 Å². The molecule has 1 aliphatic carbocycles. The molecule has 118 valence electrons. The van der Waals surface area contributed by atoms with Gasteiger partial charge in [0.2, 0.25) is 0 Å². The molecule has 0 aromatic carbocycles. The molecule has 1 aromatic rings. The van der Waals surface area contributed by atoms with E-state index in [-0.39, 0.29) is 11.2 Å². The summed E-state index contributed by atoms with van der Waals surface area (Å²) in [6, 6.07) is 2.03. The van der Waals surface area contributed by atoms with Crippen LogP contribution in [0.5, 0.6) is 0 Å². The normalized spacial score (nSPS) is 22.4. The average molecular weight is 293 g/mol. The van der Waals surface area contributed by atoms with E-state index in [0.717, 1.165) is 12.3 Å². The van der Waals surface area contributed by atoms with E-state index in [1.165, 1.54) is 36.3 Å². The molecule has 5 heteroatoms. The Morgan fingerprint density at radius 3 is 2.57 bits per heavy atom. The Balaban J connectivity index is 1.92. The number of hydrogen-bond acceptors (Lipinski definition) is 3. The van der Waals surface area contributed by atoms with Crippen LogP contribution in [0.25, 0.3) is 0 Å². The van der Waals surface area contributed by atoms with Gasteiger partial charge in [-0.25, -0.2) is 4.79 Å². The predicted octanol–water partition coefficient (Wildman–Crippen LogP) is 1.59. The molecule has 1 aromatic heterocycles. The van der Waals surface area contributed by atoms with Crippen LogP contribution in [0.1, 0.15) is 46.0 Å². The lowest BCUT2D eigenvalue weighted by molar-refractivity contribution is 0.304. The first-order valence-corrected chi connectivity index (χ1v) is 8.15. The summed E-state index contributed by atoms with van der Waals surface area (Å²) in [5, 5.41) is 3.49. The Bertz CT molecular complexity index is 553. The van der Waals surface area contributed by atoms with Crippen LogP contribution in [-0.4, -0.2) is 21.7 Å². The Hall–Kier alpha value is -1.36. The molecule has 0 amide bonds. The summed E-state index contributed by atoms with van der Waals surface area (Å²) < 4.78 is 2.96. The molecular formula is C16H27N3O2. The summed E-state index contributed by atoms with van der Waals surface area (Å²) in [6.45, 7) is 6.12. The van der Waals surface area contributed by atoms with Crippen molar-refractivity contribution in [1.82, 2.24) is 14.5 Å². The average Bonchev–Trinajstić information content (AvgIpc) is 2.48. The van der Waals surface area contributed by atoms with Gasteiger partial charge in [0.25, 0.3) is 5.56 Å². The fourth-order valence-electron chi connectivity index (χ4n) is 3.02. The number of hydrogen-bond donors (Lipinski definition) is 1. The molecule has 21 heavy (non-hydrogen) atoms. The van der Waals surface area contributed by atoms with Crippen molar-refractivity contribution >= 4 is 0 Å². The topological polar surface area (TPSA) is 56.0 Å². The van der Waals surface area contributed by atoms with E-state index >= 15 is 0 Å². The van der Waals surface area contributed by atoms with Gasteiger partial charge >= 0.3 is 5.69 Å². The zero-order chi connectivity index (χ0) is 15.2. The Kier molecular flexibility index (Phi) is 5.79. The van der Waals surface area contributed by atoms with E-state index in [9.17, 15) is 9.59 Å². The fraction of sp³-hybridized carbons (Fsp3) is 0.750. The summed E-state index contributed by atoms with van der Waals surface area (Å²) in [7, 11) is 0. The molecule has 1 aliphatic rings. The van der Waals surface area contributed by atoms with E-state index in [1.807, 2.05) is 6.92 Å². The second-order valence-corrected chi connectivity index (χ2v) is 6.19. The standard InChI is InChI=1S/C16H27N3O2/c1-3-10-18-11-8-15(20)19(16(18)21)12-9-17-14-6-4-13(2)5-7-14/h8,11,13-14,17H,3-7,9-10,12H2,1-2H3. The molecule has 0 bridgehead atoms. The van der Waals surface area contributed by atoms with E-state index < -0.39 is 0 Å². The van der Waals surface area contributed by atoms with Crippen LogP contribution in [0.3, 0.4) is 0 Å². The molecule has 0 spiro atoms. The van der Waals surface area contributed by atoms with Gasteiger partial charge in [-0.2, -0.15) is 0 Å². The minimum absolute atomic E-state index is 0.191. The summed E-state index contributed by atoms with van der Waals surface area (Å²) >= 11 is 0. The monoisotopic (exact) mass is 293 g/mol. The molecule has 2 rings (SSSR count). The molecule has 1 heterocycles. The van der Waals surface area contributed by atoms with Crippen LogP contribution >= 0.6 is 0 Å². The highest BCUT2D eigenvalue weighted by molar-refractivity contribution is 4.86. The van der Waals surface area contributed by atoms with Crippen molar-refractivity contribution in [2.75, 3.05) is 6.54 Å². The highest BCUT2D eigenvalue weighted by Gasteiger charge is 2.17. The summed E-state index contributed by atoms with van der Waals surface area (Å²) in [6.07, 6.45) is 7.42. The lowest BCUT2D eigenvalue weighted by Gasteiger charge is -2.27. The SMILES string of the molecule is CCCn1ccc(=O)n(CCNC2CCC(C)CC2)c1=O. The van der Waals surface area contributed by atoms with Gasteiger partial charge in [-0.1, -0.05) is 13.8 Å². The van der Waals surface area contributed by atoms with Gasteiger partial charge < -0.3 is 9.88 Å². The fourth-order valence-corrected chi connectivity index (χ4v) is 3.02. The highest BCUT2D eigenvalue weighted by Crippen LogP contribution is 2.23. The smallest absolute Gasteiger partial charge is 0.312 e. The Labute approximate surface area is 126 Å². The van der Waals surface area contributed by atoms with Gasteiger partial charge in [0.15, 0.2) is 0 Å². The molecule has 0 radical (unpaired) electrons. The Morgan fingerprint density at radius 1 is 1.19 bits per heavy atom. The number of aryl methyl sites for hydroxylation is 1. The van der Waals surface area contributed by atoms with Gasteiger partial charge in [0, 0.05) is 37.9 Å². The third-order valence-electron chi connectivity index (χ3n) is 4.39. The minimum atomic E-state index is -0.202. The molecule has 5 nitrogen and oxygen atoms in total. The molecule has 0 atom stereocenters. The van der Waals surface area contributed by atoms with Crippen molar-refractivity contribution in [3.8, 4) is 0 Å². The van der Waals surface area contributed by atoms with Gasteiger partial charge in [-0.15, -0.1) is 0 Å². The maximum absolute atomic E-state index is 12.2. The zero-order valence-electron chi connectivity index (χ0n) is 13.2. The van der Waals surface area contributed by atoms with Crippen molar-refractivity contribution < 1.29 is 0 Å². The second-order valence-electron chi connectivity index (χ2n) is 6.19. The van der Waals surface area contributed by atoms with Crippen molar-refractivity contribution in [1.29, 1.82) is 0 Å². The lowest BCUT2D eigenvalue weighted by atomic mass is 9.87. The van der Waals surface area contributed by atoms with Crippen molar-refractivity contribution in [2.24, 2.45) is 5.92 Å². The van der Waals surface area contributed by atoms with Gasteiger partial charge in [0.1, 0.15) is 0 Å². The predicted molar refractivity (Wildman–Crippen MR) is 84.7 cm³/mol. The van der Waals surface area contributed by atoms with Crippen LogP contribution in [0.15, 0.2) is 21.9 Å². The molecule has 1 fully saturated rings. The molecule has 0 saturated heterocycles. The summed E-state index contributed by atoms with van der Waals surface area (Å²) in [4.78, 5) is 24.0. The maximum Gasteiger partial charge on any atom is 0.331 e. The first-order chi connectivity index (χ1) is 10.1. The maximum atomic E-state index is 12.2. The third-order valence-corrected chi connectivity index (χ3v) is 4.39. The van der Waals surface area contributed by atoms with E-state index in [0.29, 0.717) is 25.7 Å². The van der Waals surface area contributed by atoms with Crippen molar-refractivity contribution in [2.45, 2.75) is 65.1 Å². The van der Waals surface area contributed by atoms with Crippen LogP contribution in [-0.2, 0) is 13.1 Å². The summed E-state index contributed by atoms with van der Waals surface area (Å²) in [5.74, 6) is 0.834. The van der Waals surface area contributed by atoms with Gasteiger partial charge in [-0.3, -0.25) is 9.36 Å². The third kappa shape index (κ3) is 4.30. The molecule has 1 N–H and O–H groups in total. The molecule has 1 saturated carbocycles. The largest absolute Gasteiger partial charge is 0.331 e. The zero-order valence-corrected chi connectivity index (χ0v) is 13.2. The number of nitrogens with one attached hydrogen (secondary N) is 1. The number of nitrogens with zero attached hydrogens (tertiary/aromatic N) is 2. The Morgan fingerprint density at radius 2 is 1.90 bits per heavy atom. The summed E-state index contributed by atoms with van der Waals surface area (Å²) in [5.41, 5.74) is -0.394. The van der Waals surface area contributed by atoms with Crippen LogP contribution in [0, 0.1) is 5.92 Å². The van der Waals surface area contributed by atoms with Crippen molar-refractivity contribution in [3.63, 3.8) is 0 Å². The van der Waals surface area contributed by atoms with Crippen LogP contribution in [0.4, 0.5) is 0 Å². The quantitative estimate of drug-likeness (QED) is 0.866. The van der Waals surface area contributed by atoms with Crippen molar-refractivity contribution in [3.05, 3.63) is 33.1 Å². The number of aromatic nitrogens is 2. The molecular weight excluding hydrogens is 266 g/mol. The lowest BCUT2D eigenvalue weighted by Crippen LogP contribution is -2.43. The highest BCUT2D eigenvalue weighted by atomic mass is 16.2. The van der Waals surface area contributed by atoms with Gasteiger partial charge in [0.05, 0.1) is 0 Å².